The van der Waals surface area contributed by atoms with Crippen LogP contribution < -0.4 is 5.32 Å². The summed E-state index contributed by atoms with van der Waals surface area (Å²) in [5.74, 6) is -0.169. The van der Waals surface area contributed by atoms with Crippen molar-refractivity contribution in [1.29, 1.82) is 5.26 Å². The number of rotatable bonds is 2. The van der Waals surface area contributed by atoms with Crippen molar-refractivity contribution in [3.05, 3.63) is 35.9 Å². The summed E-state index contributed by atoms with van der Waals surface area (Å²) in [7, 11) is 0. The van der Waals surface area contributed by atoms with E-state index < -0.39 is 11.5 Å². The van der Waals surface area contributed by atoms with Gasteiger partial charge in [0.25, 0.3) is 0 Å². The Labute approximate surface area is 160 Å². The van der Waals surface area contributed by atoms with Crippen LogP contribution in [0.4, 0.5) is 0 Å². The number of hydrogen-bond acceptors (Lipinski definition) is 5. The standard InChI is InChI=1S/C21H27N5O/c22-15-18-19(27)23-20(26-11-5-2-6-12-26)24-21(18)9-13-25(14-10-21)16-17-7-3-1-4-8-17/h1,3-4,7-8,18H,2,5-6,9-14,16H2,(H,23,24,27)/t18-/m1/s1. The van der Waals surface area contributed by atoms with Crippen molar-refractivity contribution in [1.82, 2.24) is 15.1 Å². The molecule has 0 aliphatic carbocycles. The maximum Gasteiger partial charge on any atom is 0.246 e. The van der Waals surface area contributed by atoms with Crippen LogP contribution in [-0.2, 0) is 11.3 Å². The SMILES string of the molecule is N#C[C@@H]1C(=O)NC(N2CCCCC2)=NC12CCN(Cc1ccccc1)CC2. The number of nitrogens with one attached hydrogen (secondary N) is 1. The molecule has 2 saturated heterocycles. The Morgan fingerprint density at radius 3 is 2.48 bits per heavy atom. The third-order valence-corrected chi connectivity index (χ3v) is 6.12. The highest BCUT2D eigenvalue weighted by Crippen LogP contribution is 2.37. The Hall–Kier alpha value is -2.39. The second kappa shape index (κ2) is 7.69. The van der Waals surface area contributed by atoms with E-state index in [1.807, 2.05) is 6.07 Å². The molecule has 1 N–H and O–H groups in total. The molecule has 3 heterocycles. The number of piperidine rings is 2. The molecule has 142 valence electrons. The third-order valence-electron chi connectivity index (χ3n) is 6.12. The number of likely N-dealkylation sites (tertiary alicyclic amines) is 2. The van der Waals surface area contributed by atoms with Gasteiger partial charge in [0.15, 0.2) is 5.92 Å². The predicted octanol–water partition coefficient (Wildman–Crippen LogP) is 2.13. The van der Waals surface area contributed by atoms with E-state index in [0.717, 1.165) is 58.4 Å². The van der Waals surface area contributed by atoms with Gasteiger partial charge in [-0.2, -0.15) is 5.26 Å². The van der Waals surface area contributed by atoms with Gasteiger partial charge in [0.1, 0.15) is 0 Å². The zero-order valence-corrected chi connectivity index (χ0v) is 15.7. The van der Waals surface area contributed by atoms with Gasteiger partial charge in [-0.15, -0.1) is 0 Å². The Morgan fingerprint density at radius 2 is 1.81 bits per heavy atom. The van der Waals surface area contributed by atoms with Gasteiger partial charge in [-0.05, 0) is 37.7 Å². The lowest BCUT2D eigenvalue weighted by Gasteiger charge is -2.45. The Bertz CT molecular complexity index is 740. The van der Waals surface area contributed by atoms with Crippen molar-refractivity contribution >= 4 is 11.9 Å². The molecule has 1 atom stereocenters. The molecule has 0 saturated carbocycles. The van der Waals surface area contributed by atoms with Gasteiger partial charge < -0.3 is 4.90 Å². The van der Waals surface area contributed by atoms with Crippen molar-refractivity contribution in [2.24, 2.45) is 10.9 Å². The largest absolute Gasteiger partial charge is 0.343 e. The monoisotopic (exact) mass is 365 g/mol. The first kappa shape index (κ1) is 18.0. The predicted molar refractivity (Wildman–Crippen MR) is 104 cm³/mol. The maximum atomic E-state index is 12.7. The number of carbonyl (C=O) groups excluding carboxylic acids is 1. The van der Waals surface area contributed by atoms with Crippen LogP contribution in [0.2, 0.25) is 0 Å². The zero-order valence-electron chi connectivity index (χ0n) is 15.7. The van der Waals surface area contributed by atoms with E-state index in [9.17, 15) is 10.1 Å². The minimum absolute atomic E-state index is 0.176. The lowest BCUT2D eigenvalue weighted by Crippen LogP contribution is -2.60. The summed E-state index contributed by atoms with van der Waals surface area (Å²) < 4.78 is 0. The minimum atomic E-state index is -0.690. The van der Waals surface area contributed by atoms with Crippen LogP contribution in [-0.4, -0.2) is 53.4 Å². The number of nitriles is 1. The summed E-state index contributed by atoms with van der Waals surface area (Å²) in [5, 5.41) is 12.6. The maximum absolute atomic E-state index is 12.7. The van der Waals surface area contributed by atoms with Gasteiger partial charge in [0.05, 0.1) is 11.6 Å². The molecule has 6 heteroatoms. The Balaban J connectivity index is 1.51. The van der Waals surface area contributed by atoms with Crippen LogP contribution in [0.1, 0.15) is 37.7 Å². The van der Waals surface area contributed by atoms with Crippen LogP contribution in [0, 0.1) is 17.2 Å². The lowest BCUT2D eigenvalue weighted by atomic mass is 9.76. The van der Waals surface area contributed by atoms with E-state index in [1.54, 1.807) is 0 Å². The molecule has 0 bridgehead atoms. The number of carbonyl (C=O) groups is 1. The molecule has 4 rings (SSSR count). The fourth-order valence-corrected chi connectivity index (χ4v) is 4.50. The minimum Gasteiger partial charge on any atom is -0.343 e. The van der Waals surface area contributed by atoms with Crippen LogP contribution in [0.25, 0.3) is 0 Å². The summed E-state index contributed by atoms with van der Waals surface area (Å²) in [6, 6.07) is 12.7. The highest BCUT2D eigenvalue weighted by molar-refractivity contribution is 6.02. The topological polar surface area (TPSA) is 71.7 Å². The van der Waals surface area contributed by atoms with Crippen molar-refractivity contribution < 1.29 is 4.79 Å². The molecule has 3 aliphatic rings. The lowest BCUT2D eigenvalue weighted by molar-refractivity contribution is -0.125. The van der Waals surface area contributed by atoms with Crippen LogP contribution in [0.3, 0.4) is 0 Å². The number of guanidine groups is 1. The first-order chi connectivity index (χ1) is 13.2. The van der Waals surface area contributed by atoms with E-state index in [4.69, 9.17) is 4.99 Å². The normalized spacial score (nSPS) is 25.6. The number of nitrogens with zero attached hydrogens (tertiary/aromatic N) is 4. The molecule has 0 unspecified atom stereocenters. The van der Waals surface area contributed by atoms with Gasteiger partial charge in [-0.1, -0.05) is 30.3 Å². The van der Waals surface area contributed by atoms with Gasteiger partial charge in [0.2, 0.25) is 11.9 Å². The first-order valence-corrected chi connectivity index (χ1v) is 10.0. The van der Waals surface area contributed by atoms with Crippen LogP contribution >= 0.6 is 0 Å². The first-order valence-electron chi connectivity index (χ1n) is 10.0. The van der Waals surface area contributed by atoms with Crippen molar-refractivity contribution in [2.75, 3.05) is 26.2 Å². The molecular weight excluding hydrogens is 338 g/mol. The fourth-order valence-electron chi connectivity index (χ4n) is 4.50. The second-order valence-corrected chi connectivity index (χ2v) is 7.90. The zero-order chi connectivity index (χ0) is 18.7. The van der Waals surface area contributed by atoms with Gasteiger partial charge >= 0.3 is 0 Å². The van der Waals surface area contributed by atoms with Crippen LogP contribution in [0.5, 0.6) is 0 Å². The number of benzene rings is 1. The molecule has 3 aliphatic heterocycles. The molecule has 2 fully saturated rings. The van der Waals surface area contributed by atoms with Crippen LogP contribution in [0.15, 0.2) is 35.3 Å². The molecule has 27 heavy (non-hydrogen) atoms. The fraction of sp³-hybridized carbons (Fsp3) is 0.571. The van der Waals surface area contributed by atoms with E-state index in [0.29, 0.717) is 5.96 Å². The van der Waals surface area contributed by atoms with Gasteiger partial charge in [-0.25, -0.2) is 4.99 Å². The van der Waals surface area contributed by atoms with Crippen molar-refractivity contribution in [3.8, 4) is 6.07 Å². The summed E-state index contributed by atoms with van der Waals surface area (Å²) in [5.41, 5.74) is 0.723. The smallest absolute Gasteiger partial charge is 0.246 e. The molecule has 1 amide bonds. The molecular formula is C21H27N5O. The van der Waals surface area contributed by atoms with Gasteiger partial charge in [-0.3, -0.25) is 15.0 Å². The summed E-state index contributed by atoms with van der Waals surface area (Å²) >= 11 is 0. The molecule has 1 aromatic carbocycles. The van der Waals surface area contributed by atoms with E-state index in [2.05, 4.69) is 45.5 Å². The quantitative estimate of drug-likeness (QED) is 0.872. The number of hydrogen-bond donors (Lipinski definition) is 1. The van der Waals surface area contributed by atoms with E-state index in [-0.39, 0.29) is 5.91 Å². The molecule has 0 aromatic heterocycles. The third kappa shape index (κ3) is 3.70. The number of aliphatic imine (C=N–C) groups is 1. The molecule has 1 aromatic rings. The Kier molecular flexibility index (Phi) is 5.13. The highest BCUT2D eigenvalue weighted by Gasteiger charge is 2.49. The van der Waals surface area contributed by atoms with Crippen molar-refractivity contribution in [3.63, 3.8) is 0 Å². The summed E-state index contributed by atoms with van der Waals surface area (Å²) in [6.07, 6.45) is 5.01. The van der Waals surface area contributed by atoms with Gasteiger partial charge in [0, 0.05) is 32.7 Å². The highest BCUT2D eigenvalue weighted by atomic mass is 16.2. The van der Waals surface area contributed by atoms with E-state index in [1.165, 1.54) is 12.0 Å². The van der Waals surface area contributed by atoms with E-state index >= 15 is 0 Å². The number of amides is 1. The average molecular weight is 365 g/mol. The Morgan fingerprint density at radius 1 is 1.11 bits per heavy atom. The second-order valence-electron chi connectivity index (χ2n) is 7.90. The molecule has 6 nitrogen and oxygen atoms in total. The molecule has 1 spiro atoms. The molecule has 0 radical (unpaired) electrons. The summed E-state index contributed by atoms with van der Waals surface area (Å²) in [6.45, 7) is 4.50. The van der Waals surface area contributed by atoms with Crippen molar-refractivity contribution in [2.45, 2.75) is 44.2 Å². The average Bonchev–Trinajstić information content (AvgIpc) is 2.71. The summed E-state index contributed by atoms with van der Waals surface area (Å²) in [4.78, 5) is 22.3.